The zero-order valence-electron chi connectivity index (χ0n) is 20.2. The predicted molar refractivity (Wildman–Crippen MR) is 129 cm³/mol. The van der Waals surface area contributed by atoms with Crippen LogP contribution in [0.15, 0.2) is 30.6 Å². The van der Waals surface area contributed by atoms with Gasteiger partial charge in [-0.2, -0.15) is 10.2 Å². The number of nitrogens with zero attached hydrogens (tertiary/aromatic N) is 5. The summed E-state index contributed by atoms with van der Waals surface area (Å²) >= 11 is 0. The number of nitrogens with one attached hydrogen (secondary N) is 1. The van der Waals surface area contributed by atoms with E-state index in [0.29, 0.717) is 25.7 Å². The molecule has 0 saturated carbocycles. The summed E-state index contributed by atoms with van der Waals surface area (Å²) in [5.41, 5.74) is 6.75. The van der Waals surface area contributed by atoms with Crippen molar-refractivity contribution >= 4 is 11.7 Å². The van der Waals surface area contributed by atoms with E-state index in [1.165, 1.54) is 5.69 Å². The highest BCUT2D eigenvalue weighted by molar-refractivity contribution is 6.04. The maximum Gasteiger partial charge on any atom is 0.219 e. The fourth-order valence-electron chi connectivity index (χ4n) is 5.70. The predicted octanol–water partition coefficient (Wildman–Crippen LogP) is 2.57. The third-order valence-electron chi connectivity index (χ3n) is 7.57. The van der Waals surface area contributed by atoms with Gasteiger partial charge in [-0.05, 0) is 18.4 Å². The average molecular weight is 475 g/mol. The van der Waals surface area contributed by atoms with Gasteiger partial charge in [0.2, 0.25) is 5.91 Å². The molecule has 1 aromatic carbocycles. The molecule has 0 radical (unpaired) electrons. The summed E-state index contributed by atoms with van der Waals surface area (Å²) in [5, 5.41) is 12.8. The quantitative estimate of drug-likeness (QED) is 0.627. The lowest BCUT2D eigenvalue weighted by Gasteiger charge is -2.29. The Morgan fingerprint density at radius 3 is 2.71 bits per heavy atom. The van der Waals surface area contributed by atoms with Crippen molar-refractivity contribution in [3.8, 4) is 11.3 Å². The van der Waals surface area contributed by atoms with Crippen LogP contribution in [0.3, 0.4) is 0 Å². The molecule has 3 aromatic rings. The van der Waals surface area contributed by atoms with Crippen molar-refractivity contribution in [2.45, 2.75) is 51.4 Å². The Hall–Kier alpha value is -3.30. The van der Waals surface area contributed by atoms with Gasteiger partial charge < -0.3 is 9.64 Å². The minimum Gasteiger partial charge on any atom is -0.381 e. The van der Waals surface area contributed by atoms with Gasteiger partial charge in [0.15, 0.2) is 5.78 Å². The number of aromatic nitrogens is 4. The highest BCUT2D eigenvalue weighted by Gasteiger charge is 2.34. The molecule has 6 rings (SSSR count). The van der Waals surface area contributed by atoms with E-state index >= 15 is 0 Å². The molecule has 9 nitrogen and oxygen atoms in total. The van der Waals surface area contributed by atoms with Crippen LogP contribution in [0.25, 0.3) is 11.3 Å². The molecule has 3 aliphatic rings. The summed E-state index contributed by atoms with van der Waals surface area (Å²) in [6, 6.07) is 5.80. The molecule has 5 heterocycles. The second kappa shape index (κ2) is 8.73. The molecule has 0 spiro atoms. The molecule has 0 aliphatic carbocycles. The first-order chi connectivity index (χ1) is 17.0. The van der Waals surface area contributed by atoms with E-state index in [1.54, 1.807) is 17.8 Å². The van der Waals surface area contributed by atoms with E-state index in [1.807, 2.05) is 30.3 Å². The molecule has 0 bridgehead atoms. The maximum absolute atomic E-state index is 13.5. The number of amides is 1. The van der Waals surface area contributed by atoms with Gasteiger partial charge in [-0.25, -0.2) is 0 Å². The van der Waals surface area contributed by atoms with Crippen LogP contribution in [0.4, 0.5) is 0 Å². The number of hydrogen-bond donors (Lipinski definition) is 1. The van der Waals surface area contributed by atoms with Gasteiger partial charge in [-0.1, -0.05) is 18.2 Å². The Morgan fingerprint density at radius 2 is 1.97 bits per heavy atom. The topological polar surface area (TPSA) is 94.3 Å². The fourth-order valence-corrected chi connectivity index (χ4v) is 5.70. The van der Waals surface area contributed by atoms with E-state index in [9.17, 15) is 9.59 Å². The lowest BCUT2D eigenvalue weighted by Crippen LogP contribution is -2.35. The largest absolute Gasteiger partial charge is 0.381 e. The SMILES string of the molecule is CC(=O)N1CCc2c(c(-c3cccc4c3CNC(c3cnn(C)c3)C4=O)nn2C2CCOCC2)C1. The normalized spacial score (nSPS) is 20.6. The number of Topliss-reactive ketones (excluding diaryl/α,β-unsaturated/α-hetero) is 1. The van der Waals surface area contributed by atoms with Gasteiger partial charge in [0.1, 0.15) is 0 Å². The maximum atomic E-state index is 13.5. The molecule has 1 saturated heterocycles. The smallest absolute Gasteiger partial charge is 0.219 e. The number of rotatable bonds is 3. The second-order valence-electron chi connectivity index (χ2n) is 9.71. The Labute approximate surface area is 204 Å². The van der Waals surface area contributed by atoms with Crippen LogP contribution in [0.2, 0.25) is 0 Å². The average Bonchev–Trinajstić information content (AvgIpc) is 3.48. The van der Waals surface area contributed by atoms with Gasteiger partial charge in [0.25, 0.3) is 0 Å². The van der Waals surface area contributed by atoms with E-state index in [2.05, 4.69) is 21.2 Å². The van der Waals surface area contributed by atoms with Crippen molar-refractivity contribution in [2.24, 2.45) is 7.05 Å². The molecule has 1 unspecified atom stereocenters. The lowest BCUT2D eigenvalue weighted by molar-refractivity contribution is -0.129. The molecule has 2 aromatic heterocycles. The summed E-state index contributed by atoms with van der Waals surface area (Å²) in [5.74, 6) is 0.121. The molecule has 3 aliphatic heterocycles. The lowest BCUT2D eigenvalue weighted by atomic mass is 9.87. The monoisotopic (exact) mass is 474 g/mol. The minimum absolute atomic E-state index is 0.0455. The van der Waals surface area contributed by atoms with Crippen molar-refractivity contribution < 1.29 is 14.3 Å². The molecule has 35 heavy (non-hydrogen) atoms. The third-order valence-corrected chi connectivity index (χ3v) is 7.57. The van der Waals surface area contributed by atoms with Crippen LogP contribution >= 0.6 is 0 Å². The van der Waals surface area contributed by atoms with Crippen molar-refractivity contribution in [3.05, 3.63) is 58.5 Å². The van der Waals surface area contributed by atoms with Crippen LogP contribution in [-0.2, 0) is 36.1 Å². The first kappa shape index (κ1) is 22.2. The Morgan fingerprint density at radius 1 is 1.17 bits per heavy atom. The standard InChI is InChI=1S/C26H30N6O3/c1-16(33)31-9-6-23-22(15-31)25(29-32(23)18-7-10-35-11-8-18)19-4-3-5-20-21(19)13-27-24(26(20)34)17-12-28-30(2)14-17/h3-5,12,14,18,24,27H,6-11,13,15H2,1-2H3. The molecule has 1 atom stereocenters. The van der Waals surface area contributed by atoms with Gasteiger partial charge in [0, 0.05) is 87.4 Å². The number of fused-ring (bicyclic) bond motifs is 2. The molecule has 1 fully saturated rings. The molecule has 9 heteroatoms. The zero-order valence-corrected chi connectivity index (χ0v) is 20.2. The van der Waals surface area contributed by atoms with Crippen molar-refractivity contribution in [3.63, 3.8) is 0 Å². The summed E-state index contributed by atoms with van der Waals surface area (Å²) in [7, 11) is 1.85. The molecule has 1 N–H and O–H groups in total. The number of ether oxygens (including phenoxy) is 1. The van der Waals surface area contributed by atoms with Crippen LogP contribution in [0.5, 0.6) is 0 Å². The van der Waals surface area contributed by atoms with Gasteiger partial charge >= 0.3 is 0 Å². The Bertz CT molecular complexity index is 1300. The zero-order chi connectivity index (χ0) is 24.1. The number of hydrogen-bond acceptors (Lipinski definition) is 6. The fraction of sp³-hybridized carbons (Fsp3) is 0.462. The highest BCUT2D eigenvalue weighted by Crippen LogP contribution is 2.38. The number of carbonyl (C=O) groups is 2. The second-order valence-corrected chi connectivity index (χ2v) is 9.71. The van der Waals surface area contributed by atoms with Crippen molar-refractivity contribution in [1.29, 1.82) is 0 Å². The van der Waals surface area contributed by atoms with E-state index in [4.69, 9.17) is 9.84 Å². The van der Waals surface area contributed by atoms with E-state index in [-0.39, 0.29) is 11.7 Å². The molecule has 182 valence electrons. The number of aryl methyl sites for hydroxylation is 1. The number of ketones is 1. The molecule has 1 amide bonds. The van der Waals surface area contributed by atoms with E-state index in [0.717, 1.165) is 66.0 Å². The first-order valence-electron chi connectivity index (χ1n) is 12.3. The molecular weight excluding hydrogens is 444 g/mol. The van der Waals surface area contributed by atoms with Crippen LogP contribution in [0, 0.1) is 0 Å². The van der Waals surface area contributed by atoms with Gasteiger partial charge in [0.05, 0.1) is 24.0 Å². The van der Waals surface area contributed by atoms with E-state index < -0.39 is 6.04 Å². The molecular formula is C26H30N6O3. The third kappa shape index (κ3) is 3.79. The Kier molecular flexibility index (Phi) is 5.53. The van der Waals surface area contributed by atoms with Crippen LogP contribution < -0.4 is 5.32 Å². The minimum atomic E-state index is -0.409. The van der Waals surface area contributed by atoms with Crippen LogP contribution in [0.1, 0.15) is 64.6 Å². The van der Waals surface area contributed by atoms with Crippen LogP contribution in [-0.4, -0.2) is 55.9 Å². The van der Waals surface area contributed by atoms with Gasteiger partial charge in [-0.3, -0.25) is 24.3 Å². The number of carbonyl (C=O) groups excluding carboxylic acids is 2. The summed E-state index contributed by atoms with van der Waals surface area (Å²) < 4.78 is 9.50. The highest BCUT2D eigenvalue weighted by atomic mass is 16.5. The summed E-state index contributed by atoms with van der Waals surface area (Å²) in [6.07, 6.45) is 6.28. The van der Waals surface area contributed by atoms with Crippen molar-refractivity contribution in [1.82, 2.24) is 29.8 Å². The summed E-state index contributed by atoms with van der Waals surface area (Å²) in [6.45, 7) is 4.92. The number of benzene rings is 1. The summed E-state index contributed by atoms with van der Waals surface area (Å²) in [4.78, 5) is 27.6. The first-order valence-corrected chi connectivity index (χ1v) is 12.3. The van der Waals surface area contributed by atoms with Gasteiger partial charge in [-0.15, -0.1) is 0 Å². The Balaban J connectivity index is 1.44. The van der Waals surface area contributed by atoms with Crippen molar-refractivity contribution in [2.75, 3.05) is 19.8 Å².